The minimum absolute atomic E-state index is 0.0454. The van der Waals surface area contributed by atoms with Crippen LogP contribution in [0.5, 0.6) is 0 Å². The monoisotopic (exact) mass is 482 g/mol. The predicted molar refractivity (Wildman–Crippen MR) is 127 cm³/mol. The Bertz CT molecular complexity index is 1050. The SMILES string of the molecule is CCN(CC(=O)Nc1cc(C(C)(C)C)nn1-c1ccccc1)C(=O)c1ccc(Br)cc1. The van der Waals surface area contributed by atoms with Crippen LogP contribution in [0, 0.1) is 0 Å². The molecule has 0 unspecified atom stereocenters. The number of hydrogen-bond acceptors (Lipinski definition) is 3. The van der Waals surface area contributed by atoms with E-state index in [1.807, 2.05) is 55.5 Å². The number of nitrogens with one attached hydrogen (secondary N) is 1. The van der Waals surface area contributed by atoms with Gasteiger partial charge in [-0.1, -0.05) is 54.9 Å². The molecule has 1 heterocycles. The van der Waals surface area contributed by atoms with Gasteiger partial charge in [-0.25, -0.2) is 4.68 Å². The number of halogens is 1. The zero-order chi connectivity index (χ0) is 22.6. The summed E-state index contributed by atoms with van der Waals surface area (Å²) in [6.07, 6.45) is 0. The van der Waals surface area contributed by atoms with Crippen LogP contribution in [0.4, 0.5) is 5.82 Å². The summed E-state index contributed by atoms with van der Waals surface area (Å²) in [4.78, 5) is 27.2. The first-order chi connectivity index (χ1) is 14.7. The van der Waals surface area contributed by atoms with Gasteiger partial charge in [0.15, 0.2) is 0 Å². The number of hydrogen-bond donors (Lipinski definition) is 1. The topological polar surface area (TPSA) is 67.2 Å². The summed E-state index contributed by atoms with van der Waals surface area (Å²) in [5, 5.41) is 7.65. The van der Waals surface area contributed by atoms with Gasteiger partial charge in [0.25, 0.3) is 5.91 Å². The number of carbonyl (C=O) groups excluding carboxylic acids is 2. The zero-order valence-corrected chi connectivity index (χ0v) is 19.8. The van der Waals surface area contributed by atoms with Gasteiger partial charge in [0, 0.05) is 28.1 Å². The summed E-state index contributed by atoms with van der Waals surface area (Å²) in [6.45, 7) is 8.46. The number of carbonyl (C=O) groups is 2. The highest BCUT2D eigenvalue weighted by Crippen LogP contribution is 2.26. The summed E-state index contributed by atoms with van der Waals surface area (Å²) in [7, 11) is 0. The van der Waals surface area contributed by atoms with Crippen molar-refractivity contribution in [2.24, 2.45) is 0 Å². The lowest BCUT2D eigenvalue weighted by molar-refractivity contribution is -0.116. The second-order valence-corrected chi connectivity index (χ2v) is 9.20. The van der Waals surface area contributed by atoms with Crippen molar-refractivity contribution in [1.29, 1.82) is 0 Å². The lowest BCUT2D eigenvalue weighted by Gasteiger charge is -2.20. The van der Waals surface area contributed by atoms with Crippen LogP contribution in [0.1, 0.15) is 43.7 Å². The number of amides is 2. The van der Waals surface area contributed by atoms with Gasteiger partial charge in [0.05, 0.1) is 11.4 Å². The van der Waals surface area contributed by atoms with Crippen molar-refractivity contribution < 1.29 is 9.59 Å². The Hall–Kier alpha value is -2.93. The van der Waals surface area contributed by atoms with Crippen molar-refractivity contribution in [2.75, 3.05) is 18.4 Å². The smallest absolute Gasteiger partial charge is 0.254 e. The molecule has 0 aliphatic heterocycles. The van der Waals surface area contributed by atoms with Crippen LogP contribution in [-0.4, -0.2) is 39.6 Å². The molecule has 0 radical (unpaired) electrons. The maximum absolute atomic E-state index is 12.9. The maximum atomic E-state index is 12.9. The normalized spacial score (nSPS) is 11.3. The average molecular weight is 483 g/mol. The fourth-order valence-corrected chi connectivity index (χ4v) is 3.32. The summed E-state index contributed by atoms with van der Waals surface area (Å²) in [6, 6.07) is 18.7. The van der Waals surface area contributed by atoms with Gasteiger partial charge >= 0.3 is 0 Å². The molecule has 162 valence electrons. The van der Waals surface area contributed by atoms with E-state index in [0.29, 0.717) is 17.9 Å². The Balaban J connectivity index is 1.81. The van der Waals surface area contributed by atoms with E-state index in [0.717, 1.165) is 15.9 Å². The lowest BCUT2D eigenvalue weighted by atomic mass is 9.92. The number of benzene rings is 2. The van der Waals surface area contributed by atoms with Crippen LogP contribution in [0.15, 0.2) is 65.1 Å². The molecule has 1 aromatic heterocycles. The van der Waals surface area contributed by atoms with Crippen molar-refractivity contribution in [3.05, 3.63) is 76.4 Å². The molecule has 0 fully saturated rings. The lowest BCUT2D eigenvalue weighted by Crippen LogP contribution is -2.38. The van der Waals surface area contributed by atoms with Crippen molar-refractivity contribution >= 4 is 33.6 Å². The van der Waals surface area contributed by atoms with E-state index in [-0.39, 0.29) is 23.8 Å². The van der Waals surface area contributed by atoms with Crippen LogP contribution in [0.25, 0.3) is 5.69 Å². The molecule has 2 aromatic carbocycles. The van der Waals surface area contributed by atoms with Crippen LogP contribution in [-0.2, 0) is 10.2 Å². The standard InChI is InChI=1S/C24H27BrN4O2/c1-5-28(23(31)17-11-13-18(25)14-12-17)16-22(30)26-21-15-20(24(2,3)4)27-29(21)19-9-7-6-8-10-19/h6-15H,5,16H2,1-4H3,(H,26,30). The first kappa shape index (κ1) is 22.7. The highest BCUT2D eigenvalue weighted by atomic mass is 79.9. The molecule has 0 saturated heterocycles. The van der Waals surface area contributed by atoms with Crippen LogP contribution in [0.3, 0.4) is 0 Å². The predicted octanol–water partition coefficient (Wildman–Crippen LogP) is 5.03. The molecule has 3 aromatic rings. The third-order valence-corrected chi connectivity index (χ3v) is 5.37. The molecule has 6 nitrogen and oxygen atoms in total. The second-order valence-electron chi connectivity index (χ2n) is 8.29. The van der Waals surface area contributed by atoms with Gasteiger partial charge in [-0.2, -0.15) is 5.10 Å². The fourth-order valence-electron chi connectivity index (χ4n) is 3.06. The summed E-state index contributed by atoms with van der Waals surface area (Å²) >= 11 is 3.37. The van der Waals surface area contributed by atoms with E-state index >= 15 is 0 Å². The third kappa shape index (κ3) is 5.61. The molecule has 0 atom stereocenters. The highest BCUT2D eigenvalue weighted by molar-refractivity contribution is 9.10. The van der Waals surface area contributed by atoms with Gasteiger partial charge < -0.3 is 10.2 Å². The fraction of sp³-hybridized carbons (Fsp3) is 0.292. The number of anilines is 1. The van der Waals surface area contributed by atoms with E-state index in [4.69, 9.17) is 5.10 Å². The van der Waals surface area contributed by atoms with Crippen molar-refractivity contribution in [2.45, 2.75) is 33.1 Å². The Labute approximate surface area is 191 Å². The van der Waals surface area contributed by atoms with Gasteiger partial charge in [0.2, 0.25) is 5.91 Å². The molecule has 2 amide bonds. The summed E-state index contributed by atoms with van der Waals surface area (Å²) in [5.41, 5.74) is 2.09. The number of nitrogens with zero attached hydrogens (tertiary/aromatic N) is 3. The van der Waals surface area contributed by atoms with E-state index in [1.165, 1.54) is 4.90 Å². The molecule has 7 heteroatoms. The summed E-state index contributed by atoms with van der Waals surface area (Å²) in [5.74, 6) is 0.121. The Morgan fingerprint density at radius 2 is 1.71 bits per heavy atom. The average Bonchev–Trinajstić information content (AvgIpc) is 3.17. The summed E-state index contributed by atoms with van der Waals surface area (Å²) < 4.78 is 2.62. The molecule has 0 bridgehead atoms. The second kappa shape index (κ2) is 9.47. The van der Waals surface area contributed by atoms with Gasteiger partial charge in [-0.3, -0.25) is 9.59 Å². The molecular formula is C24H27BrN4O2. The third-order valence-electron chi connectivity index (χ3n) is 4.84. The Morgan fingerprint density at radius 1 is 1.06 bits per heavy atom. The van der Waals surface area contributed by atoms with E-state index in [9.17, 15) is 9.59 Å². The molecule has 0 saturated carbocycles. The molecule has 0 aliphatic carbocycles. The molecule has 1 N–H and O–H groups in total. The molecule has 31 heavy (non-hydrogen) atoms. The highest BCUT2D eigenvalue weighted by Gasteiger charge is 2.23. The molecule has 3 rings (SSSR count). The zero-order valence-electron chi connectivity index (χ0n) is 18.2. The largest absolute Gasteiger partial charge is 0.330 e. The Morgan fingerprint density at radius 3 is 2.29 bits per heavy atom. The minimum atomic E-state index is -0.273. The van der Waals surface area contributed by atoms with E-state index in [1.54, 1.807) is 16.8 Å². The Kier molecular flexibility index (Phi) is 6.95. The molecule has 0 spiro atoms. The molecular weight excluding hydrogens is 456 g/mol. The van der Waals surface area contributed by atoms with Crippen molar-refractivity contribution in [1.82, 2.24) is 14.7 Å². The van der Waals surface area contributed by atoms with Crippen molar-refractivity contribution in [3.8, 4) is 5.69 Å². The minimum Gasteiger partial charge on any atom is -0.330 e. The van der Waals surface area contributed by atoms with Crippen LogP contribution >= 0.6 is 15.9 Å². The number of rotatable bonds is 6. The van der Waals surface area contributed by atoms with E-state index < -0.39 is 0 Å². The number of aromatic nitrogens is 2. The molecule has 0 aliphatic rings. The number of likely N-dealkylation sites (N-methyl/N-ethyl adjacent to an activating group) is 1. The maximum Gasteiger partial charge on any atom is 0.254 e. The first-order valence-corrected chi connectivity index (χ1v) is 11.0. The number of para-hydroxylation sites is 1. The first-order valence-electron chi connectivity index (χ1n) is 10.2. The van der Waals surface area contributed by atoms with E-state index in [2.05, 4.69) is 42.0 Å². The van der Waals surface area contributed by atoms with Crippen molar-refractivity contribution in [3.63, 3.8) is 0 Å². The van der Waals surface area contributed by atoms with Gasteiger partial charge in [-0.15, -0.1) is 0 Å². The van der Waals surface area contributed by atoms with Crippen LogP contribution < -0.4 is 5.32 Å². The van der Waals surface area contributed by atoms with Gasteiger partial charge in [-0.05, 0) is 43.3 Å². The van der Waals surface area contributed by atoms with Crippen LogP contribution in [0.2, 0.25) is 0 Å². The quantitative estimate of drug-likeness (QED) is 0.535. The van der Waals surface area contributed by atoms with Gasteiger partial charge in [0.1, 0.15) is 12.4 Å².